The molecule has 0 saturated carbocycles. The van der Waals surface area contributed by atoms with E-state index in [1.165, 1.54) is 11.3 Å². The van der Waals surface area contributed by atoms with Crippen LogP contribution in [-0.4, -0.2) is 48.4 Å². The van der Waals surface area contributed by atoms with E-state index in [-0.39, 0.29) is 5.75 Å². The predicted molar refractivity (Wildman–Crippen MR) is 111 cm³/mol. The summed E-state index contributed by atoms with van der Waals surface area (Å²) in [6.07, 6.45) is 1.60. The fourth-order valence-corrected chi connectivity index (χ4v) is 4.42. The van der Waals surface area contributed by atoms with Gasteiger partial charge in [0.2, 0.25) is 10.0 Å². The van der Waals surface area contributed by atoms with E-state index in [0.29, 0.717) is 17.9 Å². The number of methoxy groups -OCH3 is 1. The van der Waals surface area contributed by atoms with Crippen LogP contribution in [0.1, 0.15) is 17.5 Å². The Labute approximate surface area is 167 Å². The SMILES string of the molecule is COc1cccc(CS(=O)(=O)NCCCc2ccc(N3CCOCC3)cc2)c1. The quantitative estimate of drug-likeness (QED) is 0.651. The van der Waals surface area contributed by atoms with E-state index in [2.05, 4.69) is 33.9 Å². The van der Waals surface area contributed by atoms with E-state index in [4.69, 9.17) is 9.47 Å². The van der Waals surface area contributed by atoms with Gasteiger partial charge >= 0.3 is 0 Å². The molecule has 0 radical (unpaired) electrons. The van der Waals surface area contributed by atoms with E-state index >= 15 is 0 Å². The van der Waals surface area contributed by atoms with Crippen molar-refractivity contribution in [2.24, 2.45) is 0 Å². The number of ether oxygens (including phenoxy) is 2. The van der Waals surface area contributed by atoms with Crippen molar-refractivity contribution in [1.29, 1.82) is 0 Å². The van der Waals surface area contributed by atoms with Crippen molar-refractivity contribution in [3.05, 3.63) is 59.7 Å². The average molecular weight is 405 g/mol. The fourth-order valence-electron chi connectivity index (χ4n) is 3.25. The monoisotopic (exact) mass is 404 g/mol. The molecule has 2 aromatic rings. The van der Waals surface area contributed by atoms with Crippen LogP contribution in [0, 0.1) is 0 Å². The molecule has 0 unspecified atom stereocenters. The number of hydrogen-bond acceptors (Lipinski definition) is 5. The Hall–Kier alpha value is -2.09. The van der Waals surface area contributed by atoms with E-state index in [1.54, 1.807) is 31.4 Å². The van der Waals surface area contributed by atoms with Gasteiger partial charge in [-0.2, -0.15) is 0 Å². The van der Waals surface area contributed by atoms with Gasteiger partial charge in [0.15, 0.2) is 0 Å². The molecule has 1 fully saturated rings. The summed E-state index contributed by atoms with van der Waals surface area (Å²) in [5.74, 6) is 0.617. The number of nitrogens with zero attached hydrogens (tertiary/aromatic N) is 1. The number of hydrogen-bond donors (Lipinski definition) is 1. The van der Waals surface area contributed by atoms with Gasteiger partial charge in [-0.05, 0) is 48.2 Å². The first-order valence-corrected chi connectivity index (χ1v) is 11.2. The maximum absolute atomic E-state index is 12.3. The zero-order valence-electron chi connectivity index (χ0n) is 16.3. The van der Waals surface area contributed by atoms with Crippen LogP contribution in [0.2, 0.25) is 0 Å². The van der Waals surface area contributed by atoms with Crippen molar-refractivity contribution in [2.45, 2.75) is 18.6 Å². The second-order valence-corrected chi connectivity index (χ2v) is 8.68. The highest BCUT2D eigenvalue weighted by Crippen LogP contribution is 2.17. The third-order valence-corrected chi connectivity index (χ3v) is 6.12. The fraction of sp³-hybridized carbons (Fsp3) is 0.429. The molecule has 0 bridgehead atoms. The first kappa shape index (κ1) is 20.6. The molecule has 1 saturated heterocycles. The molecule has 0 spiro atoms. The van der Waals surface area contributed by atoms with E-state index < -0.39 is 10.0 Å². The maximum Gasteiger partial charge on any atom is 0.215 e. The lowest BCUT2D eigenvalue weighted by Crippen LogP contribution is -2.36. The number of morpholine rings is 1. The molecular formula is C21H28N2O4S. The van der Waals surface area contributed by atoms with Crippen molar-refractivity contribution in [2.75, 3.05) is 44.9 Å². The number of nitrogens with one attached hydrogen (secondary N) is 1. The third kappa shape index (κ3) is 6.22. The summed E-state index contributed by atoms with van der Waals surface area (Å²) < 4.78 is 37.7. The molecular weight excluding hydrogens is 376 g/mol. The summed E-state index contributed by atoms with van der Waals surface area (Å²) in [4.78, 5) is 2.32. The van der Waals surface area contributed by atoms with Gasteiger partial charge in [0, 0.05) is 25.3 Å². The van der Waals surface area contributed by atoms with Crippen molar-refractivity contribution in [3.63, 3.8) is 0 Å². The minimum absolute atomic E-state index is 0.0432. The van der Waals surface area contributed by atoms with Crippen LogP contribution < -0.4 is 14.4 Å². The van der Waals surface area contributed by atoms with E-state index in [9.17, 15) is 8.42 Å². The van der Waals surface area contributed by atoms with Gasteiger partial charge in [0.1, 0.15) is 5.75 Å². The van der Waals surface area contributed by atoms with Gasteiger partial charge in [-0.1, -0.05) is 24.3 Å². The highest BCUT2D eigenvalue weighted by molar-refractivity contribution is 7.88. The van der Waals surface area contributed by atoms with E-state index in [1.807, 2.05) is 0 Å². The molecule has 0 aliphatic carbocycles. The van der Waals surface area contributed by atoms with Crippen LogP contribution >= 0.6 is 0 Å². The largest absolute Gasteiger partial charge is 0.497 e. The second kappa shape index (κ2) is 9.91. The molecule has 28 heavy (non-hydrogen) atoms. The van der Waals surface area contributed by atoms with Gasteiger partial charge in [-0.25, -0.2) is 13.1 Å². The Morgan fingerprint density at radius 1 is 1.07 bits per heavy atom. The molecule has 1 aliphatic heterocycles. The molecule has 152 valence electrons. The Morgan fingerprint density at radius 2 is 1.82 bits per heavy atom. The molecule has 1 aliphatic rings. The molecule has 3 rings (SSSR count). The second-order valence-electron chi connectivity index (χ2n) is 6.87. The zero-order chi connectivity index (χ0) is 19.8. The van der Waals surface area contributed by atoms with Crippen molar-refractivity contribution >= 4 is 15.7 Å². The van der Waals surface area contributed by atoms with E-state index in [0.717, 1.165) is 39.1 Å². The average Bonchev–Trinajstić information content (AvgIpc) is 2.72. The topological polar surface area (TPSA) is 67.9 Å². The summed E-state index contributed by atoms with van der Waals surface area (Å²) in [6, 6.07) is 15.6. The van der Waals surface area contributed by atoms with Crippen LogP contribution in [0.15, 0.2) is 48.5 Å². The van der Waals surface area contributed by atoms with Gasteiger partial charge in [-0.3, -0.25) is 0 Å². The van der Waals surface area contributed by atoms with Crippen molar-refractivity contribution < 1.29 is 17.9 Å². The lowest BCUT2D eigenvalue weighted by Gasteiger charge is -2.28. The molecule has 7 heteroatoms. The van der Waals surface area contributed by atoms with Crippen molar-refractivity contribution in [3.8, 4) is 5.75 Å². The van der Waals surface area contributed by atoms with Crippen molar-refractivity contribution in [1.82, 2.24) is 4.72 Å². The standard InChI is InChI=1S/C21H28N2O4S/c1-26-21-6-2-4-19(16-21)17-28(24,25)22-11-3-5-18-7-9-20(10-8-18)23-12-14-27-15-13-23/h2,4,6-10,16,22H,3,5,11-15,17H2,1H3. The Kier molecular flexibility index (Phi) is 7.30. The minimum atomic E-state index is -3.36. The normalized spacial score (nSPS) is 14.8. The molecule has 1 N–H and O–H groups in total. The summed E-state index contributed by atoms with van der Waals surface area (Å²) in [5, 5.41) is 0. The molecule has 0 amide bonds. The molecule has 0 aromatic heterocycles. The Morgan fingerprint density at radius 3 is 2.54 bits per heavy atom. The molecule has 1 heterocycles. The first-order valence-electron chi connectivity index (χ1n) is 9.58. The Balaban J connectivity index is 1.43. The van der Waals surface area contributed by atoms with Crippen LogP contribution in [0.4, 0.5) is 5.69 Å². The Bertz CT molecular complexity index is 847. The lowest BCUT2D eigenvalue weighted by molar-refractivity contribution is 0.122. The summed E-state index contributed by atoms with van der Waals surface area (Å²) in [7, 11) is -1.79. The van der Waals surface area contributed by atoms with Crippen LogP contribution in [0.3, 0.4) is 0 Å². The molecule has 2 aromatic carbocycles. The van der Waals surface area contributed by atoms with Crippen LogP contribution in [-0.2, 0) is 26.9 Å². The zero-order valence-corrected chi connectivity index (χ0v) is 17.1. The number of rotatable bonds is 9. The highest BCUT2D eigenvalue weighted by Gasteiger charge is 2.12. The molecule has 0 atom stereocenters. The number of aryl methyl sites for hydroxylation is 1. The summed E-state index contributed by atoms with van der Waals surface area (Å²) in [5.41, 5.74) is 3.14. The van der Waals surface area contributed by atoms with Crippen LogP contribution in [0.25, 0.3) is 0 Å². The first-order chi connectivity index (χ1) is 13.6. The number of benzene rings is 2. The molecule has 6 nitrogen and oxygen atoms in total. The smallest absolute Gasteiger partial charge is 0.215 e. The minimum Gasteiger partial charge on any atom is -0.497 e. The van der Waals surface area contributed by atoms with Gasteiger partial charge in [-0.15, -0.1) is 0 Å². The van der Waals surface area contributed by atoms with Gasteiger partial charge in [0.05, 0.1) is 26.1 Å². The predicted octanol–water partition coefficient (Wildman–Crippen LogP) is 2.58. The summed E-state index contributed by atoms with van der Waals surface area (Å²) in [6.45, 7) is 3.83. The van der Waals surface area contributed by atoms with Crippen LogP contribution in [0.5, 0.6) is 5.75 Å². The third-order valence-electron chi connectivity index (χ3n) is 4.77. The number of sulfonamides is 1. The van der Waals surface area contributed by atoms with Gasteiger partial charge < -0.3 is 14.4 Å². The maximum atomic E-state index is 12.3. The lowest BCUT2D eigenvalue weighted by atomic mass is 10.1. The number of anilines is 1. The van der Waals surface area contributed by atoms with Gasteiger partial charge in [0.25, 0.3) is 0 Å². The highest BCUT2D eigenvalue weighted by atomic mass is 32.2. The summed E-state index contributed by atoms with van der Waals surface area (Å²) >= 11 is 0.